The second kappa shape index (κ2) is 7.67. The Labute approximate surface area is 125 Å². The Morgan fingerprint density at radius 1 is 1.00 bits per heavy atom. The first-order valence-electron chi connectivity index (χ1n) is 6.88. The molecule has 1 unspecified atom stereocenters. The summed E-state index contributed by atoms with van der Waals surface area (Å²) in [6.45, 7) is 0.711. The van der Waals surface area contributed by atoms with Gasteiger partial charge < -0.3 is 19.9 Å². The first-order valence-corrected chi connectivity index (χ1v) is 6.88. The van der Waals surface area contributed by atoms with Gasteiger partial charge in [-0.25, -0.2) is 0 Å². The normalized spacial score (nSPS) is 12.0. The second-order valence-corrected chi connectivity index (χ2v) is 4.72. The maximum atomic E-state index is 9.61. The Morgan fingerprint density at radius 3 is 2.33 bits per heavy atom. The molecule has 0 amide bonds. The highest BCUT2D eigenvalue weighted by molar-refractivity contribution is 5.43. The van der Waals surface area contributed by atoms with E-state index in [9.17, 15) is 5.11 Å². The van der Waals surface area contributed by atoms with Crippen molar-refractivity contribution < 1.29 is 14.6 Å². The largest absolute Gasteiger partial charge is 0.493 e. The molecule has 2 N–H and O–H groups in total. The van der Waals surface area contributed by atoms with Crippen molar-refractivity contribution in [3.8, 4) is 11.5 Å². The van der Waals surface area contributed by atoms with Crippen LogP contribution >= 0.6 is 0 Å². The second-order valence-electron chi connectivity index (χ2n) is 4.72. The van der Waals surface area contributed by atoms with E-state index in [-0.39, 0.29) is 12.6 Å². The number of nitrogens with one attached hydrogen (secondary N) is 1. The lowest BCUT2D eigenvalue weighted by Crippen LogP contribution is -2.24. The zero-order valence-corrected chi connectivity index (χ0v) is 12.4. The molecule has 0 aliphatic heterocycles. The molecule has 1 atom stereocenters. The summed E-state index contributed by atoms with van der Waals surface area (Å²) in [5, 5.41) is 13.0. The number of ether oxygens (including phenoxy) is 2. The molecule has 0 bridgehead atoms. The van der Waals surface area contributed by atoms with Crippen molar-refractivity contribution in [3.63, 3.8) is 0 Å². The molecule has 2 aromatic rings. The van der Waals surface area contributed by atoms with Crippen LogP contribution in [-0.4, -0.2) is 25.9 Å². The van der Waals surface area contributed by atoms with E-state index in [0.717, 1.165) is 5.56 Å². The topological polar surface area (TPSA) is 50.7 Å². The summed E-state index contributed by atoms with van der Waals surface area (Å²) in [5.41, 5.74) is 2.14. The maximum Gasteiger partial charge on any atom is 0.161 e. The van der Waals surface area contributed by atoms with Crippen molar-refractivity contribution in [1.82, 2.24) is 5.32 Å². The molecule has 0 saturated heterocycles. The van der Waals surface area contributed by atoms with Crippen LogP contribution in [0, 0.1) is 0 Å². The number of methoxy groups -OCH3 is 2. The summed E-state index contributed by atoms with van der Waals surface area (Å²) < 4.78 is 10.5. The molecule has 0 radical (unpaired) electrons. The molecule has 0 aliphatic carbocycles. The number of aliphatic hydroxyl groups is 1. The van der Waals surface area contributed by atoms with Gasteiger partial charge in [0.15, 0.2) is 11.5 Å². The van der Waals surface area contributed by atoms with Gasteiger partial charge in [0.2, 0.25) is 0 Å². The third kappa shape index (κ3) is 3.97. The third-order valence-corrected chi connectivity index (χ3v) is 3.39. The van der Waals surface area contributed by atoms with Gasteiger partial charge in [-0.2, -0.15) is 0 Å². The van der Waals surface area contributed by atoms with Crippen LogP contribution in [0.5, 0.6) is 11.5 Å². The minimum atomic E-state index is -0.148. The number of hydrogen-bond acceptors (Lipinski definition) is 4. The van der Waals surface area contributed by atoms with E-state index in [1.807, 2.05) is 36.4 Å². The van der Waals surface area contributed by atoms with Gasteiger partial charge in [0.1, 0.15) is 0 Å². The first-order chi connectivity index (χ1) is 10.3. The van der Waals surface area contributed by atoms with E-state index >= 15 is 0 Å². The van der Waals surface area contributed by atoms with Crippen molar-refractivity contribution >= 4 is 0 Å². The fourth-order valence-corrected chi connectivity index (χ4v) is 2.19. The van der Waals surface area contributed by atoms with Crippen LogP contribution in [0.25, 0.3) is 0 Å². The highest BCUT2D eigenvalue weighted by Gasteiger charge is 2.13. The predicted molar refractivity (Wildman–Crippen MR) is 82.7 cm³/mol. The lowest BCUT2D eigenvalue weighted by molar-refractivity contribution is 0.243. The molecule has 21 heavy (non-hydrogen) atoms. The molecule has 2 rings (SSSR count). The molecule has 112 valence electrons. The monoisotopic (exact) mass is 287 g/mol. The minimum absolute atomic E-state index is 0.0162. The van der Waals surface area contributed by atoms with Gasteiger partial charge in [-0.3, -0.25) is 0 Å². The summed E-state index contributed by atoms with van der Waals surface area (Å²) in [7, 11) is 3.21. The zero-order chi connectivity index (χ0) is 15.1. The molecule has 4 heteroatoms. The van der Waals surface area contributed by atoms with E-state index < -0.39 is 0 Å². The quantitative estimate of drug-likeness (QED) is 0.821. The standard InChI is InChI=1S/C17H21NO3/c1-20-16-9-8-14(10-17(16)21-2)15(12-19)18-11-13-6-4-3-5-7-13/h3-10,15,18-19H,11-12H2,1-2H3. The molecular weight excluding hydrogens is 266 g/mol. The van der Waals surface area contributed by atoms with Crippen molar-refractivity contribution in [2.24, 2.45) is 0 Å². The summed E-state index contributed by atoms with van der Waals surface area (Å²) in [6, 6.07) is 15.6. The fourth-order valence-electron chi connectivity index (χ4n) is 2.19. The molecule has 0 spiro atoms. The van der Waals surface area contributed by atoms with E-state index in [2.05, 4.69) is 17.4 Å². The van der Waals surface area contributed by atoms with Crippen molar-refractivity contribution in [2.45, 2.75) is 12.6 Å². The molecule has 2 aromatic carbocycles. The summed E-state index contributed by atoms with van der Waals surface area (Å²) in [5.74, 6) is 1.34. The predicted octanol–water partition coefficient (Wildman–Crippen LogP) is 2.53. The molecule has 0 aliphatic rings. The number of aliphatic hydroxyl groups excluding tert-OH is 1. The van der Waals surface area contributed by atoms with Crippen LogP contribution in [0.15, 0.2) is 48.5 Å². The Bertz CT molecular complexity index is 557. The van der Waals surface area contributed by atoms with E-state index in [1.54, 1.807) is 14.2 Å². The lowest BCUT2D eigenvalue weighted by Gasteiger charge is -2.18. The summed E-state index contributed by atoms with van der Waals surface area (Å²) in [4.78, 5) is 0. The van der Waals surface area contributed by atoms with Gasteiger partial charge in [0.05, 0.1) is 26.9 Å². The van der Waals surface area contributed by atoms with Gasteiger partial charge in [-0.05, 0) is 23.3 Å². The Kier molecular flexibility index (Phi) is 5.60. The molecule has 0 saturated carbocycles. The lowest BCUT2D eigenvalue weighted by atomic mass is 10.1. The molecule has 4 nitrogen and oxygen atoms in total. The fraction of sp³-hybridized carbons (Fsp3) is 0.294. The first kappa shape index (κ1) is 15.4. The summed E-state index contributed by atoms with van der Waals surface area (Å²) in [6.07, 6.45) is 0. The van der Waals surface area contributed by atoms with Crippen LogP contribution in [0.1, 0.15) is 17.2 Å². The van der Waals surface area contributed by atoms with Crippen LogP contribution in [0.3, 0.4) is 0 Å². The van der Waals surface area contributed by atoms with Crippen molar-refractivity contribution in [3.05, 3.63) is 59.7 Å². The highest BCUT2D eigenvalue weighted by Crippen LogP contribution is 2.29. The van der Waals surface area contributed by atoms with Crippen molar-refractivity contribution in [2.75, 3.05) is 20.8 Å². The summed E-state index contributed by atoms with van der Waals surface area (Å²) >= 11 is 0. The molecule has 0 aromatic heterocycles. The van der Waals surface area contributed by atoms with Gasteiger partial charge in [-0.1, -0.05) is 36.4 Å². The van der Waals surface area contributed by atoms with Gasteiger partial charge in [-0.15, -0.1) is 0 Å². The Balaban J connectivity index is 2.10. The average Bonchev–Trinajstić information content (AvgIpc) is 2.56. The number of rotatable bonds is 7. The van der Waals surface area contributed by atoms with Crippen LogP contribution in [-0.2, 0) is 6.54 Å². The molecule has 0 heterocycles. The van der Waals surface area contributed by atoms with Crippen LogP contribution < -0.4 is 14.8 Å². The smallest absolute Gasteiger partial charge is 0.161 e. The highest BCUT2D eigenvalue weighted by atomic mass is 16.5. The van der Waals surface area contributed by atoms with Gasteiger partial charge >= 0.3 is 0 Å². The Morgan fingerprint density at radius 2 is 1.71 bits per heavy atom. The zero-order valence-electron chi connectivity index (χ0n) is 12.4. The Hall–Kier alpha value is -2.04. The SMILES string of the molecule is COc1ccc(C(CO)NCc2ccccc2)cc1OC. The molecule has 0 fully saturated rings. The van der Waals surface area contributed by atoms with E-state index in [1.165, 1.54) is 5.56 Å². The van der Waals surface area contributed by atoms with Crippen LogP contribution in [0.4, 0.5) is 0 Å². The van der Waals surface area contributed by atoms with E-state index in [0.29, 0.717) is 18.0 Å². The third-order valence-electron chi connectivity index (χ3n) is 3.39. The van der Waals surface area contributed by atoms with Gasteiger partial charge in [0.25, 0.3) is 0 Å². The number of hydrogen-bond donors (Lipinski definition) is 2. The maximum absolute atomic E-state index is 9.61. The van der Waals surface area contributed by atoms with E-state index in [4.69, 9.17) is 9.47 Å². The minimum Gasteiger partial charge on any atom is -0.493 e. The molecular formula is C17H21NO3. The average molecular weight is 287 g/mol. The number of benzene rings is 2. The van der Waals surface area contributed by atoms with Crippen LogP contribution in [0.2, 0.25) is 0 Å². The van der Waals surface area contributed by atoms with Gasteiger partial charge in [0, 0.05) is 6.54 Å². The van der Waals surface area contributed by atoms with Crippen molar-refractivity contribution in [1.29, 1.82) is 0 Å².